The summed E-state index contributed by atoms with van der Waals surface area (Å²) in [5.41, 5.74) is 2.72. The number of aryl methyl sites for hydroxylation is 1. The third-order valence-corrected chi connectivity index (χ3v) is 4.12. The molecule has 0 saturated heterocycles. The molecule has 2 rings (SSSR count). The van der Waals surface area contributed by atoms with Crippen molar-refractivity contribution in [2.24, 2.45) is 0 Å². The van der Waals surface area contributed by atoms with Crippen molar-refractivity contribution in [3.63, 3.8) is 0 Å². The van der Waals surface area contributed by atoms with Crippen LogP contribution >= 0.6 is 0 Å². The monoisotopic (exact) mass is 275 g/mol. The zero-order chi connectivity index (χ0) is 14.0. The predicted molar refractivity (Wildman–Crippen MR) is 86.4 cm³/mol. The molecule has 1 N–H and O–H groups in total. The van der Waals surface area contributed by atoms with E-state index in [1.807, 2.05) is 0 Å². The van der Waals surface area contributed by atoms with Gasteiger partial charge in [0.1, 0.15) is 0 Å². The maximum atomic E-state index is 6.04. The van der Waals surface area contributed by atoms with Crippen LogP contribution in [-0.4, -0.2) is 19.3 Å². The largest absolute Gasteiger partial charge is 0.382 e. The van der Waals surface area contributed by atoms with E-state index in [9.17, 15) is 0 Å². The van der Waals surface area contributed by atoms with Crippen LogP contribution in [0.15, 0.2) is 24.3 Å². The van der Waals surface area contributed by atoms with Crippen molar-refractivity contribution in [1.82, 2.24) is 0 Å². The Kier molecular flexibility index (Phi) is 6.93. The lowest BCUT2D eigenvalue weighted by Crippen LogP contribution is -2.22. The van der Waals surface area contributed by atoms with Crippen LogP contribution in [0.1, 0.15) is 57.4 Å². The molecule has 2 nitrogen and oxygen atoms in total. The Balaban J connectivity index is 1.59. The van der Waals surface area contributed by atoms with Gasteiger partial charge < -0.3 is 10.1 Å². The number of para-hydroxylation sites is 1. The zero-order valence-corrected chi connectivity index (χ0v) is 12.9. The highest BCUT2D eigenvalue weighted by Gasteiger charge is 2.15. The normalized spacial score (nSPS) is 18.1. The van der Waals surface area contributed by atoms with E-state index in [2.05, 4.69) is 36.5 Å². The molecule has 1 aliphatic rings. The number of ether oxygens (including phenoxy) is 1. The molecular formula is C18H29NO. The molecule has 0 aromatic heterocycles. The fourth-order valence-electron chi connectivity index (χ4n) is 2.83. The van der Waals surface area contributed by atoms with E-state index < -0.39 is 0 Å². The van der Waals surface area contributed by atoms with Crippen molar-refractivity contribution >= 4 is 5.69 Å². The lowest BCUT2D eigenvalue weighted by atomic mass is 10.1. The maximum Gasteiger partial charge on any atom is 0.0750 e. The number of hydrogen-bond donors (Lipinski definition) is 1. The molecule has 0 amide bonds. The Hall–Kier alpha value is -1.02. The third kappa shape index (κ3) is 5.16. The quantitative estimate of drug-likeness (QED) is 0.689. The van der Waals surface area contributed by atoms with Crippen LogP contribution in [-0.2, 0) is 11.2 Å². The summed E-state index contributed by atoms with van der Waals surface area (Å²) < 4.78 is 6.04. The molecule has 1 aromatic rings. The van der Waals surface area contributed by atoms with Crippen LogP contribution < -0.4 is 5.32 Å². The van der Waals surface area contributed by atoms with Crippen LogP contribution in [0.5, 0.6) is 0 Å². The van der Waals surface area contributed by atoms with E-state index >= 15 is 0 Å². The van der Waals surface area contributed by atoms with Crippen molar-refractivity contribution in [3.05, 3.63) is 29.8 Å². The Morgan fingerprint density at radius 3 is 2.80 bits per heavy atom. The minimum atomic E-state index is 0.373. The molecule has 0 aliphatic carbocycles. The van der Waals surface area contributed by atoms with Gasteiger partial charge in [-0.25, -0.2) is 0 Å². The lowest BCUT2D eigenvalue weighted by molar-refractivity contribution is 0.0547. The number of rotatable bonds is 8. The number of fused-ring (bicyclic) bond motifs is 1. The second kappa shape index (κ2) is 9.02. The SMILES string of the molecule is CCCCCCCCOC1CCc2ccccc2NC1. The lowest BCUT2D eigenvalue weighted by Gasteiger charge is -2.15. The van der Waals surface area contributed by atoms with Gasteiger partial charge in [-0.1, -0.05) is 57.2 Å². The van der Waals surface area contributed by atoms with Gasteiger partial charge in [-0.05, 0) is 30.9 Å². The van der Waals surface area contributed by atoms with Gasteiger partial charge in [0.05, 0.1) is 6.10 Å². The summed E-state index contributed by atoms with van der Waals surface area (Å²) in [6.07, 6.45) is 10.6. The summed E-state index contributed by atoms with van der Waals surface area (Å²) in [6, 6.07) is 8.62. The van der Waals surface area contributed by atoms with Gasteiger partial charge in [-0.2, -0.15) is 0 Å². The van der Waals surface area contributed by atoms with Gasteiger partial charge in [-0.15, -0.1) is 0 Å². The van der Waals surface area contributed by atoms with Gasteiger partial charge in [-0.3, -0.25) is 0 Å². The number of anilines is 1. The maximum absolute atomic E-state index is 6.04. The van der Waals surface area contributed by atoms with E-state index in [-0.39, 0.29) is 0 Å². The summed E-state index contributed by atoms with van der Waals surface area (Å²) in [5, 5.41) is 3.52. The first-order chi connectivity index (χ1) is 9.90. The standard InChI is InChI=1S/C18H29NO/c1-2-3-4-5-6-9-14-20-17-13-12-16-10-7-8-11-18(16)19-15-17/h7-8,10-11,17,19H,2-6,9,12-15H2,1H3. The van der Waals surface area contributed by atoms with Gasteiger partial charge in [0.2, 0.25) is 0 Å². The minimum absolute atomic E-state index is 0.373. The number of nitrogens with one attached hydrogen (secondary N) is 1. The summed E-state index contributed by atoms with van der Waals surface area (Å²) in [7, 11) is 0. The van der Waals surface area contributed by atoms with E-state index in [0.29, 0.717) is 6.10 Å². The van der Waals surface area contributed by atoms with Crippen LogP contribution in [0.3, 0.4) is 0 Å². The molecule has 20 heavy (non-hydrogen) atoms. The highest BCUT2D eigenvalue weighted by Crippen LogP contribution is 2.22. The molecule has 1 aromatic carbocycles. The van der Waals surface area contributed by atoms with E-state index in [4.69, 9.17) is 4.74 Å². The Labute approximate surface area is 123 Å². The van der Waals surface area contributed by atoms with Crippen LogP contribution in [0.25, 0.3) is 0 Å². The number of hydrogen-bond acceptors (Lipinski definition) is 2. The molecule has 0 fully saturated rings. The Morgan fingerprint density at radius 2 is 1.90 bits per heavy atom. The predicted octanol–water partition coefficient (Wildman–Crippen LogP) is 4.79. The second-order valence-corrected chi connectivity index (χ2v) is 5.84. The highest BCUT2D eigenvalue weighted by atomic mass is 16.5. The molecule has 1 aliphatic heterocycles. The highest BCUT2D eigenvalue weighted by molar-refractivity contribution is 5.51. The molecule has 0 spiro atoms. The van der Waals surface area contributed by atoms with Gasteiger partial charge in [0.15, 0.2) is 0 Å². The van der Waals surface area contributed by atoms with Crippen molar-refractivity contribution in [3.8, 4) is 0 Å². The molecule has 2 heteroatoms. The molecule has 0 saturated carbocycles. The van der Waals surface area contributed by atoms with Crippen molar-refractivity contribution in [2.75, 3.05) is 18.5 Å². The van der Waals surface area contributed by atoms with E-state index in [1.165, 1.54) is 49.8 Å². The van der Waals surface area contributed by atoms with E-state index in [1.54, 1.807) is 0 Å². The average Bonchev–Trinajstić information content (AvgIpc) is 2.69. The van der Waals surface area contributed by atoms with Gasteiger partial charge in [0, 0.05) is 18.8 Å². The first-order valence-electron chi connectivity index (χ1n) is 8.33. The molecule has 1 heterocycles. The average molecular weight is 275 g/mol. The third-order valence-electron chi connectivity index (χ3n) is 4.12. The molecule has 112 valence electrons. The van der Waals surface area contributed by atoms with Crippen LogP contribution in [0.4, 0.5) is 5.69 Å². The Morgan fingerprint density at radius 1 is 1.10 bits per heavy atom. The number of benzene rings is 1. The molecule has 1 atom stereocenters. The summed E-state index contributed by atoms with van der Waals surface area (Å²) >= 11 is 0. The summed E-state index contributed by atoms with van der Waals surface area (Å²) in [4.78, 5) is 0. The van der Waals surface area contributed by atoms with E-state index in [0.717, 1.165) is 26.0 Å². The topological polar surface area (TPSA) is 21.3 Å². The van der Waals surface area contributed by atoms with Gasteiger partial charge >= 0.3 is 0 Å². The molecule has 0 bridgehead atoms. The van der Waals surface area contributed by atoms with Crippen molar-refractivity contribution in [1.29, 1.82) is 0 Å². The fraction of sp³-hybridized carbons (Fsp3) is 0.667. The van der Waals surface area contributed by atoms with Gasteiger partial charge in [0.25, 0.3) is 0 Å². The fourth-order valence-corrected chi connectivity index (χ4v) is 2.83. The van der Waals surface area contributed by atoms with Crippen molar-refractivity contribution in [2.45, 2.75) is 64.4 Å². The van der Waals surface area contributed by atoms with Crippen LogP contribution in [0, 0.1) is 0 Å². The minimum Gasteiger partial charge on any atom is -0.382 e. The van der Waals surface area contributed by atoms with Crippen molar-refractivity contribution < 1.29 is 4.74 Å². The summed E-state index contributed by atoms with van der Waals surface area (Å²) in [5.74, 6) is 0. The second-order valence-electron chi connectivity index (χ2n) is 5.84. The van der Waals surface area contributed by atoms with Crippen LogP contribution in [0.2, 0.25) is 0 Å². The first kappa shape index (κ1) is 15.4. The molecule has 1 unspecified atom stereocenters. The first-order valence-corrected chi connectivity index (χ1v) is 8.33. The number of unbranched alkanes of at least 4 members (excludes halogenated alkanes) is 5. The Bertz CT molecular complexity index is 350. The summed E-state index contributed by atoms with van der Waals surface area (Å²) in [6.45, 7) is 4.14. The molecule has 0 radical (unpaired) electrons. The smallest absolute Gasteiger partial charge is 0.0750 e. The molecular weight excluding hydrogens is 246 g/mol. The zero-order valence-electron chi connectivity index (χ0n) is 12.9.